The lowest BCUT2D eigenvalue weighted by Crippen LogP contribution is -2.23. The Bertz CT molecular complexity index is 403. The Morgan fingerprint density at radius 1 is 1.35 bits per heavy atom. The minimum Gasteiger partial charge on any atom is -0.493 e. The van der Waals surface area contributed by atoms with E-state index in [0.717, 1.165) is 5.56 Å². The molecule has 17 heavy (non-hydrogen) atoms. The second-order valence-corrected chi connectivity index (χ2v) is 3.80. The highest BCUT2D eigenvalue weighted by Crippen LogP contribution is 2.30. The van der Waals surface area contributed by atoms with Crippen LogP contribution in [-0.4, -0.2) is 24.3 Å². The van der Waals surface area contributed by atoms with Crippen molar-refractivity contribution in [3.05, 3.63) is 23.8 Å². The third-order valence-corrected chi connectivity index (χ3v) is 2.36. The lowest BCUT2D eigenvalue weighted by Gasteiger charge is -2.15. The maximum Gasteiger partial charge on any atom is 0.344 e. The predicted molar refractivity (Wildman–Crippen MR) is 63.3 cm³/mol. The summed E-state index contributed by atoms with van der Waals surface area (Å²) in [5.41, 5.74) is 6.65. The van der Waals surface area contributed by atoms with Gasteiger partial charge in [0.15, 0.2) is 17.6 Å². The SMILES string of the molecule is COc1cc(C(C)N)ccc1OC(C)C(=O)O. The highest BCUT2D eigenvalue weighted by Gasteiger charge is 2.16. The number of carboxylic acids is 1. The fraction of sp³-hybridized carbons (Fsp3) is 0.417. The van der Waals surface area contributed by atoms with E-state index in [4.69, 9.17) is 20.3 Å². The predicted octanol–water partition coefficient (Wildman–Crippen LogP) is 1.57. The molecule has 0 saturated heterocycles. The summed E-state index contributed by atoms with van der Waals surface area (Å²) in [6, 6.07) is 5.08. The van der Waals surface area contributed by atoms with Gasteiger partial charge in [-0.2, -0.15) is 0 Å². The fourth-order valence-electron chi connectivity index (χ4n) is 1.31. The molecule has 1 aromatic rings. The van der Waals surface area contributed by atoms with E-state index >= 15 is 0 Å². The van der Waals surface area contributed by atoms with Crippen LogP contribution >= 0.6 is 0 Å². The number of aliphatic carboxylic acids is 1. The standard InChI is InChI=1S/C12H17NO4/c1-7(13)9-4-5-10(11(6-9)16-3)17-8(2)12(14)15/h4-8H,13H2,1-3H3,(H,14,15). The number of ether oxygens (including phenoxy) is 2. The molecule has 0 bridgehead atoms. The lowest BCUT2D eigenvalue weighted by atomic mass is 10.1. The van der Waals surface area contributed by atoms with Crippen LogP contribution in [0.25, 0.3) is 0 Å². The van der Waals surface area contributed by atoms with E-state index in [2.05, 4.69) is 0 Å². The summed E-state index contributed by atoms with van der Waals surface area (Å²) in [6.07, 6.45) is -0.926. The number of nitrogens with two attached hydrogens (primary N) is 1. The van der Waals surface area contributed by atoms with Gasteiger partial charge in [-0.3, -0.25) is 0 Å². The normalized spacial score (nSPS) is 13.9. The lowest BCUT2D eigenvalue weighted by molar-refractivity contribution is -0.144. The molecular formula is C12H17NO4. The van der Waals surface area contributed by atoms with Gasteiger partial charge in [0.25, 0.3) is 0 Å². The quantitative estimate of drug-likeness (QED) is 0.815. The Morgan fingerprint density at radius 2 is 2.00 bits per heavy atom. The van der Waals surface area contributed by atoms with E-state index in [1.807, 2.05) is 6.92 Å². The van der Waals surface area contributed by atoms with Crippen molar-refractivity contribution in [3.8, 4) is 11.5 Å². The molecule has 2 unspecified atom stereocenters. The van der Waals surface area contributed by atoms with Crippen molar-refractivity contribution >= 4 is 5.97 Å². The van der Waals surface area contributed by atoms with E-state index in [9.17, 15) is 4.79 Å². The summed E-state index contributed by atoms with van der Waals surface area (Å²) in [4.78, 5) is 10.7. The third-order valence-electron chi connectivity index (χ3n) is 2.36. The molecule has 3 N–H and O–H groups in total. The van der Waals surface area contributed by atoms with E-state index in [1.165, 1.54) is 14.0 Å². The van der Waals surface area contributed by atoms with Crippen LogP contribution in [0.3, 0.4) is 0 Å². The first-order chi connectivity index (χ1) is 7.95. The van der Waals surface area contributed by atoms with Crippen LogP contribution in [0.1, 0.15) is 25.5 Å². The minimum atomic E-state index is -1.02. The fourth-order valence-corrected chi connectivity index (χ4v) is 1.31. The largest absolute Gasteiger partial charge is 0.493 e. The summed E-state index contributed by atoms with van der Waals surface area (Å²) < 4.78 is 10.4. The molecule has 0 spiro atoms. The molecule has 1 rings (SSSR count). The topological polar surface area (TPSA) is 81.8 Å². The number of carbonyl (C=O) groups is 1. The van der Waals surface area contributed by atoms with Crippen LogP contribution in [0.15, 0.2) is 18.2 Å². The van der Waals surface area contributed by atoms with Crippen molar-refractivity contribution in [2.45, 2.75) is 26.0 Å². The molecular weight excluding hydrogens is 222 g/mol. The first-order valence-electron chi connectivity index (χ1n) is 5.28. The highest BCUT2D eigenvalue weighted by molar-refractivity contribution is 5.72. The molecule has 5 heteroatoms. The van der Waals surface area contributed by atoms with Crippen molar-refractivity contribution < 1.29 is 19.4 Å². The van der Waals surface area contributed by atoms with Gasteiger partial charge in [0.1, 0.15) is 0 Å². The van der Waals surface area contributed by atoms with Gasteiger partial charge in [-0.05, 0) is 31.5 Å². The molecule has 0 amide bonds. The first kappa shape index (κ1) is 13.3. The smallest absolute Gasteiger partial charge is 0.344 e. The maximum atomic E-state index is 10.7. The van der Waals surface area contributed by atoms with E-state index in [0.29, 0.717) is 11.5 Å². The minimum absolute atomic E-state index is 0.116. The molecule has 0 aromatic heterocycles. The summed E-state index contributed by atoms with van der Waals surface area (Å²) in [6.45, 7) is 3.32. The molecule has 2 atom stereocenters. The van der Waals surface area contributed by atoms with Crippen molar-refractivity contribution in [3.63, 3.8) is 0 Å². The molecule has 5 nitrogen and oxygen atoms in total. The first-order valence-corrected chi connectivity index (χ1v) is 5.28. The van der Waals surface area contributed by atoms with Crippen LogP contribution in [0.4, 0.5) is 0 Å². The molecule has 0 heterocycles. The number of hydrogen-bond acceptors (Lipinski definition) is 4. The van der Waals surface area contributed by atoms with Crippen LogP contribution < -0.4 is 15.2 Å². The summed E-state index contributed by atoms with van der Waals surface area (Å²) in [5, 5.41) is 8.76. The Labute approximate surface area is 100 Å². The molecule has 0 aliphatic heterocycles. The molecule has 0 fully saturated rings. The van der Waals surface area contributed by atoms with Crippen LogP contribution in [0, 0.1) is 0 Å². The summed E-state index contributed by atoms with van der Waals surface area (Å²) in [5.74, 6) is -0.150. The van der Waals surface area contributed by atoms with Gasteiger partial charge in [0, 0.05) is 6.04 Å². The number of carboxylic acid groups (broad SMARTS) is 1. The van der Waals surface area contributed by atoms with E-state index in [-0.39, 0.29) is 6.04 Å². The average Bonchev–Trinajstić information content (AvgIpc) is 2.28. The zero-order valence-electron chi connectivity index (χ0n) is 10.1. The number of methoxy groups -OCH3 is 1. The van der Waals surface area contributed by atoms with Gasteiger partial charge in [0.2, 0.25) is 0 Å². The average molecular weight is 239 g/mol. The zero-order valence-corrected chi connectivity index (χ0v) is 10.1. The monoisotopic (exact) mass is 239 g/mol. The second-order valence-electron chi connectivity index (χ2n) is 3.80. The van der Waals surface area contributed by atoms with Crippen molar-refractivity contribution in [1.29, 1.82) is 0 Å². The Hall–Kier alpha value is -1.75. The number of rotatable bonds is 5. The van der Waals surface area contributed by atoms with Crippen molar-refractivity contribution in [2.24, 2.45) is 5.73 Å². The third kappa shape index (κ3) is 3.35. The van der Waals surface area contributed by atoms with Gasteiger partial charge in [-0.25, -0.2) is 4.79 Å². The number of benzene rings is 1. The molecule has 0 saturated carbocycles. The van der Waals surface area contributed by atoms with Gasteiger partial charge in [-0.1, -0.05) is 6.07 Å². The van der Waals surface area contributed by atoms with Gasteiger partial charge >= 0.3 is 5.97 Å². The van der Waals surface area contributed by atoms with Crippen molar-refractivity contribution in [1.82, 2.24) is 0 Å². The molecule has 0 aliphatic rings. The molecule has 0 aliphatic carbocycles. The molecule has 94 valence electrons. The molecule has 0 radical (unpaired) electrons. The van der Waals surface area contributed by atoms with Gasteiger partial charge in [0.05, 0.1) is 7.11 Å². The maximum absolute atomic E-state index is 10.7. The summed E-state index contributed by atoms with van der Waals surface area (Å²) in [7, 11) is 1.50. The second kappa shape index (κ2) is 5.54. The van der Waals surface area contributed by atoms with E-state index < -0.39 is 12.1 Å². The van der Waals surface area contributed by atoms with Crippen LogP contribution in [0.5, 0.6) is 11.5 Å². The van der Waals surface area contributed by atoms with Gasteiger partial charge in [-0.15, -0.1) is 0 Å². The highest BCUT2D eigenvalue weighted by atomic mass is 16.5. The molecule has 1 aromatic carbocycles. The van der Waals surface area contributed by atoms with Crippen LogP contribution in [-0.2, 0) is 4.79 Å². The summed E-state index contributed by atoms with van der Waals surface area (Å²) >= 11 is 0. The zero-order chi connectivity index (χ0) is 13.0. The van der Waals surface area contributed by atoms with Gasteiger partial charge < -0.3 is 20.3 Å². The number of hydrogen-bond donors (Lipinski definition) is 2. The Kier molecular flexibility index (Phi) is 4.34. The van der Waals surface area contributed by atoms with Crippen LogP contribution in [0.2, 0.25) is 0 Å². The van der Waals surface area contributed by atoms with E-state index in [1.54, 1.807) is 18.2 Å². The van der Waals surface area contributed by atoms with Crippen molar-refractivity contribution in [2.75, 3.05) is 7.11 Å². The Morgan fingerprint density at radius 3 is 2.47 bits per heavy atom. The Balaban J connectivity index is 2.96.